The molecule has 2 aliphatic heterocycles. The Morgan fingerprint density at radius 3 is 2.38 bits per heavy atom. The van der Waals surface area contributed by atoms with Gasteiger partial charge in [-0.15, -0.1) is 0 Å². The fraction of sp³-hybridized carbons (Fsp3) is 0.450. The number of methoxy groups -OCH3 is 2. The molecule has 2 aliphatic rings. The van der Waals surface area contributed by atoms with Gasteiger partial charge in [0, 0.05) is 30.4 Å². The molecule has 0 unspecified atom stereocenters. The number of guanidine groups is 1. The van der Waals surface area contributed by atoms with E-state index in [-0.39, 0.29) is 22.8 Å². The lowest BCUT2D eigenvalue weighted by atomic mass is 10.1. The smallest absolute Gasteiger partial charge is 0.257 e. The molecule has 1 atom stereocenters. The maximum atomic E-state index is 12.8. The fourth-order valence-corrected chi connectivity index (χ4v) is 3.79. The second-order valence-electron chi connectivity index (χ2n) is 7.20. The van der Waals surface area contributed by atoms with Gasteiger partial charge >= 0.3 is 0 Å². The van der Waals surface area contributed by atoms with E-state index in [0.29, 0.717) is 23.2 Å². The molecule has 0 aliphatic carbocycles. The number of aromatic hydroxyl groups is 1. The summed E-state index contributed by atoms with van der Waals surface area (Å²) in [4.78, 5) is 24.4. The first kappa shape index (κ1) is 19.1. The van der Waals surface area contributed by atoms with Crippen LogP contribution in [0.1, 0.15) is 36.7 Å². The van der Waals surface area contributed by atoms with Crippen LogP contribution >= 0.6 is 0 Å². The second kappa shape index (κ2) is 7.65. The Hall–Kier alpha value is -3.23. The summed E-state index contributed by atoms with van der Waals surface area (Å²) >= 11 is 0. The van der Waals surface area contributed by atoms with Crippen molar-refractivity contribution in [2.24, 2.45) is 4.99 Å². The number of ether oxygens (including phenoxy) is 2. The van der Waals surface area contributed by atoms with Crippen molar-refractivity contribution in [1.82, 2.24) is 14.5 Å². The summed E-state index contributed by atoms with van der Waals surface area (Å²) in [6, 6.07) is 4.82. The zero-order valence-electron chi connectivity index (χ0n) is 16.8. The highest BCUT2D eigenvalue weighted by Gasteiger charge is 2.29. The number of aryl methyl sites for hydroxylation is 1. The predicted molar refractivity (Wildman–Crippen MR) is 109 cm³/mol. The number of hydrogen-bond donors (Lipinski definition) is 2. The van der Waals surface area contributed by atoms with Gasteiger partial charge in [0.25, 0.3) is 5.56 Å². The molecule has 9 heteroatoms. The Kier molecular flexibility index (Phi) is 5.04. The van der Waals surface area contributed by atoms with Crippen molar-refractivity contribution in [1.29, 1.82) is 0 Å². The number of phenolic OH excluding ortho intramolecular Hbond substituents is 1. The lowest BCUT2D eigenvalue weighted by molar-refractivity contribution is 0.333. The number of fused-ring (bicyclic) bond motifs is 1. The van der Waals surface area contributed by atoms with Gasteiger partial charge in [0.15, 0.2) is 17.7 Å². The first-order chi connectivity index (χ1) is 14.0. The van der Waals surface area contributed by atoms with E-state index < -0.39 is 6.17 Å². The third kappa shape index (κ3) is 3.48. The average Bonchev–Trinajstić information content (AvgIpc) is 2.73. The molecule has 4 rings (SSSR count). The average molecular weight is 399 g/mol. The van der Waals surface area contributed by atoms with Crippen molar-refractivity contribution in [3.8, 4) is 17.2 Å². The maximum absolute atomic E-state index is 12.8. The van der Waals surface area contributed by atoms with Crippen molar-refractivity contribution in [2.75, 3.05) is 32.6 Å². The van der Waals surface area contributed by atoms with Crippen LogP contribution in [0, 0.1) is 6.92 Å². The minimum atomic E-state index is -0.660. The summed E-state index contributed by atoms with van der Waals surface area (Å²) in [7, 11) is 2.93. The van der Waals surface area contributed by atoms with Crippen LogP contribution in [-0.4, -0.2) is 52.8 Å². The van der Waals surface area contributed by atoms with Gasteiger partial charge in [0.2, 0.25) is 17.7 Å². The Morgan fingerprint density at radius 2 is 1.76 bits per heavy atom. The van der Waals surface area contributed by atoms with Crippen molar-refractivity contribution >= 4 is 11.9 Å². The van der Waals surface area contributed by atoms with Crippen molar-refractivity contribution in [3.05, 3.63) is 39.8 Å². The predicted octanol–water partition coefficient (Wildman–Crippen LogP) is 2.09. The largest absolute Gasteiger partial charge is 0.502 e. The lowest BCUT2D eigenvalue weighted by Gasteiger charge is -2.34. The molecule has 1 fully saturated rings. The normalized spacial score (nSPS) is 18.5. The molecular formula is C20H25N5O4. The summed E-state index contributed by atoms with van der Waals surface area (Å²) in [6.07, 6.45) is 2.74. The molecule has 0 spiro atoms. The number of likely N-dealkylation sites (tertiary alicyclic amines) is 1. The molecule has 3 heterocycles. The topological polar surface area (TPSA) is 101 Å². The van der Waals surface area contributed by atoms with Gasteiger partial charge in [0.05, 0.1) is 14.2 Å². The number of anilines is 1. The number of nitrogens with one attached hydrogen (secondary N) is 1. The van der Waals surface area contributed by atoms with Gasteiger partial charge in [-0.25, -0.2) is 9.98 Å². The highest BCUT2D eigenvalue weighted by atomic mass is 16.5. The summed E-state index contributed by atoms with van der Waals surface area (Å²) in [6.45, 7) is 3.59. The molecular weight excluding hydrogens is 374 g/mol. The van der Waals surface area contributed by atoms with Crippen LogP contribution in [-0.2, 0) is 0 Å². The van der Waals surface area contributed by atoms with Crippen LogP contribution in [0.2, 0.25) is 0 Å². The molecule has 1 aromatic carbocycles. The zero-order valence-corrected chi connectivity index (χ0v) is 16.8. The van der Waals surface area contributed by atoms with Crippen molar-refractivity contribution < 1.29 is 14.6 Å². The number of aliphatic imine (C=N–C) groups is 1. The number of rotatable bonds is 3. The minimum Gasteiger partial charge on any atom is -0.502 e. The molecule has 0 saturated carbocycles. The second-order valence-corrected chi connectivity index (χ2v) is 7.20. The summed E-state index contributed by atoms with van der Waals surface area (Å²) in [5, 5.41) is 13.5. The lowest BCUT2D eigenvalue weighted by Crippen LogP contribution is -2.45. The van der Waals surface area contributed by atoms with Crippen molar-refractivity contribution in [2.45, 2.75) is 32.4 Å². The molecule has 0 amide bonds. The fourth-order valence-electron chi connectivity index (χ4n) is 3.79. The number of piperidine rings is 1. The van der Waals surface area contributed by atoms with Gasteiger partial charge in [-0.05, 0) is 38.3 Å². The van der Waals surface area contributed by atoms with Gasteiger partial charge in [-0.1, -0.05) is 0 Å². The number of hydrogen-bond acceptors (Lipinski definition) is 8. The molecule has 1 aromatic heterocycles. The molecule has 1 saturated heterocycles. The third-order valence-electron chi connectivity index (χ3n) is 5.25. The molecule has 0 radical (unpaired) electrons. The van der Waals surface area contributed by atoms with Gasteiger partial charge in [0.1, 0.15) is 0 Å². The molecule has 2 aromatic rings. The van der Waals surface area contributed by atoms with Gasteiger partial charge in [-0.2, -0.15) is 0 Å². The third-order valence-corrected chi connectivity index (χ3v) is 5.25. The summed E-state index contributed by atoms with van der Waals surface area (Å²) < 4.78 is 12.1. The van der Waals surface area contributed by atoms with Crippen LogP contribution in [0.4, 0.5) is 5.95 Å². The quantitative estimate of drug-likeness (QED) is 0.815. The first-order valence-corrected chi connectivity index (χ1v) is 9.66. The Labute approximate surface area is 168 Å². The summed E-state index contributed by atoms with van der Waals surface area (Å²) in [5.41, 5.74) is 1.08. The Balaban J connectivity index is 1.88. The SMILES string of the molecule is COc1cc([C@@H]2N=C(N3CCCCC3)Nc3nc(C)cc(=O)n32)cc(OC)c1O. The summed E-state index contributed by atoms with van der Waals surface area (Å²) in [5.74, 6) is 1.55. The van der Waals surface area contributed by atoms with Crippen LogP contribution in [0.5, 0.6) is 17.2 Å². The van der Waals surface area contributed by atoms with E-state index in [4.69, 9.17) is 14.5 Å². The highest BCUT2D eigenvalue weighted by molar-refractivity contribution is 5.93. The molecule has 29 heavy (non-hydrogen) atoms. The highest BCUT2D eigenvalue weighted by Crippen LogP contribution is 2.40. The van der Waals surface area contributed by atoms with E-state index in [0.717, 1.165) is 25.9 Å². The molecule has 2 N–H and O–H groups in total. The van der Waals surface area contributed by atoms with Crippen molar-refractivity contribution in [3.63, 3.8) is 0 Å². The maximum Gasteiger partial charge on any atom is 0.257 e. The van der Waals surface area contributed by atoms with E-state index in [2.05, 4.69) is 15.2 Å². The standard InChI is InChI=1S/C20H25N5O4/c1-12-9-16(26)25-18(13-10-14(28-2)17(27)15(11-13)29-3)22-19(23-20(25)21-12)24-7-5-4-6-8-24/h9-11,18,27H,4-8H2,1-3H3,(H,21,22,23)/t18-/m1/s1. The van der Waals surface area contributed by atoms with E-state index in [1.54, 1.807) is 19.1 Å². The van der Waals surface area contributed by atoms with E-state index in [1.807, 2.05) is 0 Å². The van der Waals surface area contributed by atoms with Crippen LogP contribution < -0.4 is 20.3 Å². The molecule has 9 nitrogen and oxygen atoms in total. The number of benzene rings is 1. The van der Waals surface area contributed by atoms with E-state index >= 15 is 0 Å². The first-order valence-electron chi connectivity index (χ1n) is 9.66. The van der Waals surface area contributed by atoms with Crippen LogP contribution in [0.25, 0.3) is 0 Å². The zero-order chi connectivity index (χ0) is 20.5. The minimum absolute atomic E-state index is 0.0949. The number of phenols is 1. The van der Waals surface area contributed by atoms with Gasteiger partial charge in [-0.3, -0.25) is 14.7 Å². The molecule has 154 valence electrons. The van der Waals surface area contributed by atoms with Gasteiger partial charge < -0.3 is 19.5 Å². The van der Waals surface area contributed by atoms with E-state index in [9.17, 15) is 9.90 Å². The van der Waals surface area contributed by atoms with E-state index in [1.165, 1.54) is 31.3 Å². The molecule has 0 bridgehead atoms. The monoisotopic (exact) mass is 399 g/mol. The number of aromatic nitrogens is 2. The van der Waals surface area contributed by atoms with Crippen LogP contribution in [0.15, 0.2) is 28.0 Å². The Bertz CT molecular complexity index is 985. The number of nitrogens with zero attached hydrogens (tertiary/aromatic N) is 4. The van der Waals surface area contributed by atoms with Crippen LogP contribution in [0.3, 0.4) is 0 Å². The Morgan fingerprint density at radius 1 is 1.10 bits per heavy atom.